The van der Waals surface area contributed by atoms with Crippen molar-refractivity contribution in [2.45, 2.75) is 19.8 Å². The molecule has 0 aromatic heterocycles. The van der Waals surface area contributed by atoms with Crippen molar-refractivity contribution in [3.63, 3.8) is 0 Å². The topological polar surface area (TPSA) is 95.1 Å². The van der Waals surface area contributed by atoms with Gasteiger partial charge in [0.2, 0.25) is 5.91 Å². The average molecular weight is 199 g/mol. The number of nitrogens with zero attached hydrogens (tertiary/aromatic N) is 4. The fourth-order valence-corrected chi connectivity index (χ4v) is 1.10. The van der Waals surface area contributed by atoms with Gasteiger partial charge in [0, 0.05) is 18.0 Å². The van der Waals surface area contributed by atoms with Gasteiger partial charge in [0.1, 0.15) is 0 Å². The molecule has 0 heterocycles. The highest BCUT2D eigenvalue weighted by Gasteiger charge is 2.06. The second kappa shape index (κ2) is 8.34. The van der Waals surface area contributed by atoms with Crippen LogP contribution in [-0.2, 0) is 4.79 Å². The number of rotatable bonds is 8. The Morgan fingerprint density at radius 1 is 1.57 bits per heavy atom. The zero-order chi connectivity index (χ0) is 10.8. The van der Waals surface area contributed by atoms with Crippen molar-refractivity contribution in [2.75, 3.05) is 26.2 Å². The van der Waals surface area contributed by atoms with E-state index < -0.39 is 0 Å². The first-order chi connectivity index (χ1) is 6.70. The molecule has 0 radical (unpaired) electrons. The Morgan fingerprint density at radius 2 is 2.29 bits per heavy atom. The predicted octanol–water partition coefficient (Wildman–Crippen LogP) is 0.884. The molecule has 0 aliphatic rings. The van der Waals surface area contributed by atoms with Crippen molar-refractivity contribution in [3.05, 3.63) is 10.4 Å². The van der Waals surface area contributed by atoms with Gasteiger partial charge in [-0.15, -0.1) is 0 Å². The summed E-state index contributed by atoms with van der Waals surface area (Å²) in [4.78, 5) is 15.2. The molecular weight excluding hydrogens is 182 g/mol. The lowest BCUT2D eigenvalue weighted by atomic mass is 10.3. The normalized spacial score (nSPS) is 9.86. The van der Waals surface area contributed by atoms with E-state index in [0.29, 0.717) is 13.1 Å². The van der Waals surface area contributed by atoms with Gasteiger partial charge in [-0.05, 0) is 18.5 Å². The highest BCUT2D eigenvalue weighted by atomic mass is 16.1. The van der Waals surface area contributed by atoms with Gasteiger partial charge in [-0.3, -0.25) is 9.69 Å². The van der Waals surface area contributed by atoms with Crippen molar-refractivity contribution < 1.29 is 4.79 Å². The van der Waals surface area contributed by atoms with Gasteiger partial charge >= 0.3 is 0 Å². The Bertz CT molecular complexity index is 212. The molecule has 0 unspecified atom stereocenters. The monoisotopic (exact) mass is 199 g/mol. The third-order valence-electron chi connectivity index (χ3n) is 1.79. The van der Waals surface area contributed by atoms with Crippen LogP contribution in [0.2, 0.25) is 0 Å². The smallest absolute Gasteiger partial charge is 0.231 e. The minimum atomic E-state index is -0.345. The second-order valence-electron chi connectivity index (χ2n) is 3.05. The number of amides is 1. The summed E-state index contributed by atoms with van der Waals surface area (Å²) in [6, 6.07) is 0. The van der Waals surface area contributed by atoms with Crippen LogP contribution in [0.5, 0.6) is 0 Å². The van der Waals surface area contributed by atoms with E-state index in [1.807, 2.05) is 4.90 Å². The molecule has 0 saturated carbocycles. The standard InChI is InChI=1S/C8H17N5O/c1-2-3-5-13(7-8(9)14)6-4-11-12-10/h2-7H2,1H3,(H2,9,14). The van der Waals surface area contributed by atoms with Crippen LogP contribution >= 0.6 is 0 Å². The van der Waals surface area contributed by atoms with E-state index in [2.05, 4.69) is 16.9 Å². The van der Waals surface area contributed by atoms with Crippen molar-refractivity contribution in [1.82, 2.24) is 4.90 Å². The van der Waals surface area contributed by atoms with Crippen LogP contribution in [0.3, 0.4) is 0 Å². The number of carbonyl (C=O) groups is 1. The molecule has 0 spiro atoms. The minimum absolute atomic E-state index is 0.237. The molecule has 0 aliphatic carbocycles. The van der Waals surface area contributed by atoms with Gasteiger partial charge < -0.3 is 5.73 Å². The zero-order valence-electron chi connectivity index (χ0n) is 8.52. The first-order valence-corrected chi connectivity index (χ1v) is 4.72. The maximum absolute atomic E-state index is 10.7. The number of carbonyl (C=O) groups excluding carboxylic acids is 1. The molecule has 6 heteroatoms. The van der Waals surface area contributed by atoms with E-state index in [-0.39, 0.29) is 12.5 Å². The van der Waals surface area contributed by atoms with Gasteiger partial charge in [-0.2, -0.15) is 0 Å². The van der Waals surface area contributed by atoms with Crippen LogP contribution in [0.4, 0.5) is 0 Å². The van der Waals surface area contributed by atoms with Crippen LogP contribution in [-0.4, -0.2) is 37.0 Å². The summed E-state index contributed by atoms with van der Waals surface area (Å²) in [5, 5.41) is 3.41. The van der Waals surface area contributed by atoms with Gasteiger partial charge in [0.05, 0.1) is 6.54 Å². The van der Waals surface area contributed by atoms with E-state index in [0.717, 1.165) is 19.4 Å². The molecule has 0 saturated heterocycles. The van der Waals surface area contributed by atoms with Gasteiger partial charge in [-0.25, -0.2) is 0 Å². The fourth-order valence-electron chi connectivity index (χ4n) is 1.10. The van der Waals surface area contributed by atoms with E-state index in [4.69, 9.17) is 11.3 Å². The molecule has 0 atom stereocenters. The molecule has 0 aromatic rings. The predicted molar refractivity (Wildman–Crippen MR) is 54.6 cm³/mol. The number of azide groups is 1. The molecule has 0 aliphatic heterocycles. The first-order valence-electron chi connectivity index (χ1n) is 4.72. The molecule has 6 nitrogen and oxygen atoms in total. The Morgan fingerprint density at radius 3 is 2.79 bits per heavy atom. The number of nitrogens with two attached hydrogens (primary N) is 1. The lowest BCUT2D eigenvalue weighted by molar-refractivity contribution is -0.119. The van der Waals surface area contributed by atoms with Crippen LogP contribution in [0.1, 0.15) is 19.8 Å². The first kappa shape index (κ1) is 12.7. The molecule has 80 valence electrons. The van der Waals surface area contributed by atoms with Crippen LogP contribution < -0.4 is 5.73 Å². The van der Waals surface area contributed by atoms with E-state index >= 15 is 0 Å². The quantitative estimate of drug-likeness (QED) is 0.357. The van der Waals surface area contributed by atoms with Crippen molar-refractivity contribution in [1.29, 1.82) is 0 Å². The molecule has 0 aromatic carbocycles. The molecular formula is C8H17N5O. The molecule has 0 rings (SSSR count). The summed E-state index contributed by atoms with van der Waals surface area (Å²) in [5.74, 6) is -0.345. The summed E-state index contributed by atoms with van der Waals surface area (Å²) in [6.07, 6.45) is 2.08. The molecule has 0 bridgehead atoms. The van der Waals surface area contributed by atoms with Crippen LogP contribution in [0, 0.1) is 0 Å². The molecule has 1 amide bonds. The molecule has 14 heavy (non-hydrogen) atoms. The molecule has 0 fully saturated rings. The number of hydrogen-bond donors (Lipinski definition) is 1. The van der Waals surface area contributed by atoms with Crippen molar-refractivity contribution >= 4 is 5.91 Å². The second-order valence-corrected chi connectivity index (χ2v) is 3.05. The summed E-state index contributed by atoms with van der Waals surface area (Å²) < 4.78 is 0. The highest BCUT2D eigenvalue weighted by Crippen LogP contribution is 1.94. The average Bonchev–Trinajstić information content (AvgIpc) is 2.13. The largest absolute Gasteiger partial charge is 0.369 e. The zero-order valence-corrected chi connectivity index (χ0v) is 8.52. The number of primary amides is 1. The van der Waals surface area contributed by atoms with Crippen LogP contribution in [0.15, 0.2) is 5.11 Å². The fraction of sp³-hybridized carbons (Fsp3) is 0.875. The number of unbranched alkanes of at least 4 members (excludes halogenated alkanes) is 1. The number of hydrogen-bond acceptors (Lipinski definition) is 3. The van der Waals surface area contributed by atoms with E-state index in [1.54, 1.807) is 0 Å². The van der Waals surface area contributed by atoms with Crippen molar-refractivity contribution in [3.8, 4) is 0 Å². The van der Waals surface area contributed by atoms with Crippen molar-refractivity contribution in [2.24, 2.45) is 10.8 Å². The van der Waals surface area contributed by atoms with Gasteiger partial charge in [0.25, 0.3) is 0 Å². The maximum atomic E-state index is 10.7. The highest BCUT2D eigenvalue weighted by molar-refractivity contribution is 5.75. The van der Waals surface area contributed by atoms with Crippen LogP contribution in [0.25, 0.3) is 10.4 Å². The van der Waals surface area contributed by atoms with E-state index in [9.17, 15) is 4.79 Å². The summed E-state index contributed by atoms with van der Waals surface area (Å²) in [7, 11) is 0. The third kappa shape index (κ3) is 7.39. The Kier molecular flexibility index (Phi) is 7.59. The third-order valence-corrected chi connectivity index (χ3v) is 1.79. The lowest BCUT2D eigenvalue weighted by Crippen LogP contribution is -2.36. The van der Waals surface area contributed by atoms with E-state index in [1.165, 1.54) is 0 Å². The maximum Gasteiger partial charge on any atom is 0.231 e. The Labute approximate surface area is 83.7 Å². The minimum Gasteiger partial charge on any atom is -0.369 e. The van der Waals surface area contributed by atoms with Gasteiger partial charge in [-0.1, -0.05) is 18.5 Å². The SMILES string of the molecule is CCCCN(CCN=[N+]=[N-])CC(N)=O. The summed E-state index contributed by atoms with van der Waals surface area (Å²) >= 11 is 0. The lowest BCUT2D eigenvalue weighted by Gasteiger charge is -2.18. The van der Waals surface area contributed by atoms with Gasteiger partial charge in [0.15, 0.2) is 0 Å². The molecule has 2 N–H and O–H groups in total. The summed E-state index contributed by atoms with van der Waals surface area (Å²) in [6.45, 7) is 4.11. The Balaban J connectivity index is 3.83. The Hall–Kier alpha value is -1.26. The summed E-state index contributed by atoms with van der Waals surface area (Å²) in [5.41, 5.74) is 13.2.